The third-order valence-corrected chi connectivity index (χ3v) is 4.91. The molecule has 0 spiro atoms. The molecule has 2 aliphatic rings. The Morgan fingerprint density at radius 1 is 1.29 bits per heavy atom. The SMILES string of the molecule is CC(NC(=O)C1CC2CCCCC2N1)c1ccc(F)cc1. The Hall–Kier alpha value is -1.42. The first-order valence-corrected chi connectivity index (χ1v) is 7.95. The van der Waals surface area contributed by atoms with E-state index in [4.69, 9.17) is 0 Å². The van der Waals surface area contributed by atoms with Gasteiger partial charge in [0.25, 0.3) is 0 Å². The number of fused-ring (bicyclic) bond motifs is 1. The van der Waals surface area contributed by atoms with Crippen molar-refractivity contribution in [2.45, 2.75) is 57.2 Å². The Labute approximate surface area is 125 Å². The molecule has 1 saturated carbocycles. The summed E-state index contributed by atoms with van der Waals surface area (Å²) in [5.74, 6) is 0.482. The van der Waals surface area contributed by atoms with Crippen LogP contribution in [0, 0.1) is 11.7 Å². The minimum atomic E-state index is -0.251. The highest BCUT2D eigenvalue weighted by molar-refractivity contribution is 5.82. The third kappa shape index (κ3) is 3.26. The van der Waals surface area contributed by atoms with Gasteiger partial charge in [-0.05, 0) is 49.8 Å². The summed E-state index contributed by atoms with van der Waals surface area (Å²) in [6.07, 6.45) is 5.96. The van der Waals surface area contributed by atoms with E-state index in [1.807, 2.05) is 6.92 Å². The first kappa shape index (κ1) is 14.5. The Morgan fingerprint density at radius 3 is 2.71 bits per heavy atom. The van der Waals surface area contributed by atoms with Crippen molar-refractivity contribution in [2.24, 2.45) is 5.92 Å². The topological polar surface area (TPSA) is 41.1 Å². The van der Waals surface area contributed by atoms with E-state index in [2.05, 4.69) is 10.6 Å². The van der Waals surface area contributed by atoms with Gasteiger partial charge in [0.05, 0.1) is 12.1 Å². The van der Waals surface area contributed by atoms with Gasteiger partial charge in [0, 0.05) is 6.04 Å². The molecule has 4 heteroatoms. The number of carbonyl (C=O) groups excluding carboxylic acids is 1. The maximum Gasteiger partial charge on any atom is 0.237 e. The zero-order chi connectivity index (χ0) is 14.8. The Kier molecular flexibility index (Phi) is 4.24. The highest BCUT2D eigenvalue weighted by atomic mass is 19.1. The lowest BCUT2D eigenvalue weighted by Crippen LogP contribution is -2.43. The molecule has 21 heavy (non-hydrogen) atoms. The lowest BCUT2D eigenvalue weighted by atomic mass is 9.85. The number of carbonyl (C=O) groups is 1. The van der Waals surface area contributed by atoms with E-state index >= 15 is 0 Å². The number of amides is 1. The van der Waals surface area contributed by atoms with Gasteiger partial charge < -0.3 is 10.6 Å². The predicted octanol–water partition coefficient (Wildman–Crippen LogP) is 2.92. The molecule has 0 bridgehead atoms. The maximum absolute atomic E-state index is 12.9. The normalized spacial score (nSPS) is 29.7. The summed E-state index contributed by atoms with van der Waals surface area (Å²) in [6.45, 7) is 1.94. The van der Waals surface area contributed by atoms with Crippen LogP contribution in [-0.4, -0.2) is 18.0 Å². The number of nitrogens with one attached hydrogen (secondary N) is 2. The molecule has 1 aromatic carbocycles. The number of hydrogen-bond donors (Lipinski definition) is 2. The largest absolute Gasteiger partial charge is 0.348 e. The first-order valence-electron chi connectivity index (χ1n) is 7.95. The minimum Gasteiger partial charge on any atom is -0.348 e. The molecule has 1 amide bonds. The summed E-state index contributed by atoms with van der Waals surface area (Å²) in [5.41, 5.74) is 0.931. The Bertz CT molecular complexity index is 488. The zero-order valence-electron chi connectivity index (χ0n) is 12.4. The number of hydrogen-bond acceptors (Lipinski definition) is 2. The van der Waals surface area contributed by atoms with E-state index < -0.39 is 0 Å². The summed E-state index contributed by atoms with van der Waals surface area (Å²) >= 11 is 0. The fraction of sp³-hybridized carbons (Fsp3) is 0.588. The van der Waals surface area contributed by atoms with Crippen molar-refractivity contribution in [1.29, 1.82) is 0 Å². The van der Waals surface area contributed by atoms with Crippen molar-refractivity contribution < 1.29 is 9.18 Å². The molecule has 0 aromatic heterocycles. The average Bonchev–Trinajstić information content (AvgIpc) is 2.92. The zero-order valence-corrected chi connectivity index (χ0v) is 12.4. The van der Waals surface area contributed by atoms with Crippen LogP contribution >= 0.6 is 0 Å². The second-order valence-corrected chi connectivity index (χ2v) is 6.39. The van der Waals surface area contributed by atoms with Crippen LogP contribution in [0.2, 0.25) is 0 Å². The van der Waals surface area contributed by atoms with Crippen LogP contribution in [0.15, 0.2) is 24.3 Å². The Morgan fingerprint density at radius 2 is 2.00 bits per heavy atom. The van der Waals surface area contributed by atoms with E-state index in [1.54, 1.807) is 12.1 Å². The first-order chi connectivity index (χ1) is 10.1. The maximum atomic E-state index is 12.9. The molecule has 2 fully saturated rings. The summed E-state index contributed by atoms with van der Waals surface area (Å²) in [6, 6.07) is 6.67. The molecule has 1 aromatic rings. The molecule has 1 aliphatic heterocycles. The van der Waals surface area contributed by atoms with Crippen molar-refractivity contribution in [1.82, 2.24) is 10.6 Å². The number of halogens is 1. The minimum absolute atomic E-state index is 0.0685. The van der Waals surface area contributed by atoms with Gasteiger partial charge in [-0.2, -0.15) is 0 Å². The van der Waals surface area contributed by atoms with Gasteiger partial charge in [0.2, 0.25) is 5.91 Å². The van der Waals surface area contributed by atoms with E-state index in [0.29, 0.717) is 12.0 Å². The van der Waals surface area contributed by atoms with E-state index in [-0.39, 0.29) is 23.8 Å². The summed E-state index contributed by atoms with van der Waals surface area (Å²) < 4.78 is 12.9. The molecule has 3 rings (SSSR count). The van der Waals surface area contributed by atoms with Gasteiger partial charge in [-0.1, -0.05) is 25.0 Å². The van der Waals surface area contributed by atoms with Gasteiger partial charge in [0.1, 0.15) is 5.82 Å². The third-order valence-electron chi connectivity index (χ3n) is 4.91. The van der Waals surface area contributed by atoms with Crippen LogP contribution in [-0.2, 0) is 4.79 Å². The number of benzene rings is 1. The van der Waals surface area contributed by atoms with Crippen LogP contribution in [0.1, 0.15) is 50.6 Å². The predicted molar refractivity (Wildman–Crippen MR) is 80.2 cm³/mol. The second kappa shape index (κ2) is 6.14. The molecular weight excluding hydrogens is 267 g/mol. The number of rotatable bonds is 3. The lowest BCUT2D eigenvalue weighted by molar-refractivity contribution is -0.123. The molecule has 1 saturated heterocycles. The summed E-state index contributed by atoms with van der Waals surface area (Å²) in [5, 5.41) is 6.53. The van der Waals surface area contributed by atoms with Crippen LogP contribution in [0.3, 0.4) is 0 Å². The quantitative estimate of drug-likeness (QED) is 0.898. The molecule has 0 radical (unpaired) electrons. The molecule has 1 aliphatic carbocycles. The smallest absolute Gasteiger partial charge is 0.237 e. The summed E-state index contributed by atoms with van der Waals surface area (Å²) in [7, 11) is 0. The van der Waals surface area contributed by atoms with Crippen molar-refractivity contribution in [3.8, 4) is 0 Å². The van der Waals surface area contributed by atoms with Crippen molar-refractivity contribution >= 4 is 5.91 Å². The highest BCUT2D eigenvalue weighted by Crippen LogP contribution is 2.33. The van der Waals surface area contributed by atoms with Gasteiger partial charge in [-0.3, -0.25) is 4.79 Å². The van der Waals surface area contributed by atoms with Crippen molar-refractivity contribution in [3.63, 3.8) is 0 Å². The second-order valence-electron chi connectivity index (χ2n) is 6.39. The molecule has 2 N–H and O–H groups in total. The van der Waals surface area contributed by atoms with Gasteiger partial charge in [0.15, 0.2) is 0 Å². The van der Waals surface area contributed by atoms with Crippen LogP contribution in [0.5, 0.6) is 0 Å². The average molecular weight is 290 g/mol. The standard InChI is InChI=1S/C17H23FN2O/c1-11(12-6-8-14(18)9-7-12)19-17(21)16-10-13-4-2-3-5-15(13)20-16/h6-9,11,13,15-16,20H,2-5,10H2,1H3,(H,19,21). The highest BCUT2D eigenvalue weighted by Gasteiger charge is 2.38. The molecule has 114 valence electrons. The van der Waals surface area contributed by atoms with E-state index in [0.717, 1.165) is 12.0 Å². The molecule has 1 heterocycles. The summed E-state index contributed by atoms with van der Waals surface area (Å²) in [4.78, 5) is 12.4. The fourth-order valence-corrected chi connectivity index (χ4v) is 3.67. The lowest BCUT2D eigenvalue weighted by Gasteiger charge is -2.24. The van der Waals surface area contributed by atoms with Gasteiger partial charge >= 0.3 is 0 Å². The van der Waals surface area contributed by atoms with Crippen molar-refractivity contribution in [2.75, 3.05) is 0 Å². The fourth-order valence-electron chi connectivity index (χ4n) is 3.67. The van der Waals surface area contributed by atoms with Gasteiger partial charge in [-0.25, -0.2) is 4.39 Å². The van der Waals surface area contributed by atoms with Gasteiger partial charge in [-0.15, -0.1) is 0 Å². The molecule has 4 unspecified atom stereocenters. The molecular formula is C17H23FN2O. The van der Waals surface area contributed by atoms with Crippen LogP contribution < -0.4 is 10.6 Å². The van der Waals surface area contributed by atoms with Crippen molar-refractivity contribution in [3.05, 3.63) is 35.6 Å². The molecule has 3 nitrogen and oxygen atoms in total. The van der Waals surface area contributed by atoms with E-state index in [9.17, 15) is 9.18 Å². The molecule has 4 atom stereocenters. The van der Waals surface area contributed by atoms with Crippen LogP contribution in [0.25, 0.3) is 0 Å². The van der Waals surface area contributed by atoms with Crippen LogP contribution in [0.4, 0.5) is 4.39 Å². The van der Waals surface area contributed by atoms with E-state index in [1.165, 1.54) is 37.8 Å². The monoisotopic (exact) mass is 290 g/mol. The Balaban J connectivity index is 1.57.